The predicted octanol–water partition coefficient (Wildman–Crippen LogP) is 3.03. The van der Waals surface area contributed by atoms with Gasteiger partial charge in [-0.25, -0.2) is 4.79 Å². The Morgan fingerprint density at radius 3 is 2.50 bits per heavy atom. The van der Waals surface area contributed by atoms with Crippen molar-refractivity contribution in [1.29, 1.82) is 0 Å². The van der Waals surface area contributed by atoms with Gasteiger partial charge in [-0.2, -0.15) is 0 Å². The molecule has 0 aromatic rings. The number of carbonyl (C=O) groups is 1. The Hall–Kier alpha value is -1.31. The van der Waals surface area contributed by atoms with E-state index in [1.54, 1.807) is 0 Å². The standard InChI is InChI=1S/C10H12.C4H6O2/c1-2-9-7-4-5-8(6-7)10(9)3-1;1-3(2)4(5)6/h1-2,4-5,7-10H,3,6H2;1H2,2H3,(H,5,6). The zero-order valence-corrected chi connectivity index (χ0v) is 9.60. The first-order chi connectivity index (χ1) is 7.59. The van der Waals surface area contributed by atoms with Crippen LogP contribution in [-0.2, 0) is 4.79 Å². The van der Waals surface area contributed by atoms with Gasteiger partial charge in [-0.15, -0.1) is 0 Å². The van der Waals surface area contributed by atoms with Gasteiger partial charge in [-0.05, 0) is 43.4 Å². The largest absolute Gasteiger partial charge is 0.478 e. The second-order valence-corrected chi connectivity index (χ2v) is 4.94. The Bertz CT molecular complexity index is 353. The molecule has 0 heterocycles. The number of hydrogen-bond donors (Lipinski definition) is 1. The van der Waals surface area contributed by atoms with Gasteiger partial charge in [0, 0.05) is 5.57 Å². The number of hydrogen-bond acceptors (Lipinski definition) is 1. The van der Waals surface area contributed by atoms with E-state index in [4.69, 9.17) is 5.11 Å². The number of carboxylic acid groups (broad SMARTS) is 1. The lowest BCUT2D eigenvalue weighted by molar-refractivity contribution is -0.132. The maximum Gasteiger partial charge on any atom is 0.330 e. The van der Waals surface area contributed by atoms with Gasteiger partial charge in [-0.3, -0.25) is 0 Å². The van der Waals surface area contributed by atoms with Crippen LogP contribution in [0.2, 0.25) is 0 Å². The second-order valence-electron chi connectivity index (χ2n) is 4.94. The molecule has 2 heteroatoms. The van der Waals surface area contributed by atoms with Gasteiger partial charge in [-0.1, -0.05) is 30.9 Å². The van der Waals surface area contributed by atoms with E-state index in [9.17, 15) is 4.79 Å². The van der Waals surface area contributed by atoms with Crippen LogP contribution >= 0.6 is 0 Å². The molecule has 0 aromatic carbocycles. The molecule has 86 valence electrons. The van der Waals surface area contributed by atoms with Gasteiger partial charge in [0.05, 0.1) is 0 Å². The molecule has 4 unspecified atom stereocenters. The molecule has 0 radical (unpaired) electrons. The lowest BCUT2D eigenvalue weighted by Gasteiger charge is -2.18. The van der Waals surface area contributed by atoms with E-state index in [2.05, 4.69) is 30.9 Å². The van der Waals surface area contributed by atoms with Crippen LogP contribution in [0.25, 0.3) is 0 Å². The summed E-state index contributed by atoms with van der Waals surface area (Å²) in [6.07, 6.45) is 12.5. The Morgan fingerprint density at radius 1 is 1.31 bits per heavy atom. The van der Waals surface area contributed by atoms with Gasteiger partial charge in [0.25, 0.3) is 0 Å². The van der Waals surface area contributed by atoms with Crippen LogP contribution in [0.5, 0.6) is 0 Å². The van der Waals surface area contributed by atoms with Crippen LogP contribution in [0.1, 0.15) is 19.8 Å². The van der Waals surface area contributed by atoms with E-state index in [1.807, 2.05) is 0 Å². The number of fused-ring (bicyclic) bond motifs is 5. The molecule has 3 aliphatic carbocycles. The van der Waals surface area contributed by atoms with Crippen LogP contribution in [0.15, 0.2) is 36.5 Å². The van der Waals surface area contributed by atoms with Crippen molar-refractivity contribution < 1.29 is 9.90 Å². The quantitative estimate of drug-likeness (QED) is 0.542. The van der Waals surface area contributed by atoms with Crippen molar-refractivity contribution >= 4 is 5.97 Å². The summed E-state index contributed by atoms with van der Waals surface area (Å²) in [4.78, 5) is 9.60. The third-order valence-corrected chi connectivity index (χ3v) is 3.82. The Kier molecular flexibility index (Phi) is 2.99. The molecule has 1 saturated carbocycles. The number of rotatable bonds is 1. The van der Waals surface area contributed by atoms with E-state index < -0.39 is 5.97 Å². The third kappa shape index (κ3) is 1.97. The summed E-state index contributed by atoms with van der Waals surface area (Å²) in [5, 5.41) is 7.89. The van der Waals surface area contributed by atoms with Crippen molar-refractivity contribution in [3.05, 3.63) is 36.5 Å². The van der Waals surface area contributed by atoms with Gasteiger partial charge in [0.15, 0.2) is 0 Å². The summed E-state index contributed by atoms with van der Waals surface area (Å²) in [6.45, 7) is 4.60. The van der Waals surface area contributed by atoms with Gasteiger partial charge in [0.1, 0.15) is 0 Å². The van der Waals surface area contributed by atoms with E-state index in [-0.39, 0.29) is 5.57 Å². The fourth-order valence-electron chi connectivity index (χ4n) is 2.97. The van der Waals surface area contributed by atoms with E-state index in [0.29, 0.717) is 0 Å². The van der Waals surface area contributed by atoms with Gasteiger partial charge < -0.3 is 5.11 Å². The molecular formula is C14H18O2. The summed E-state index contributed by atoms with van der Waals surface area (Å²) in [5.74, 6) is 2.89. The highest BCUT2D eigenvalue weighted by molar-refractivity contribution is 5.84. The number of allylic oxidation sites excluding steroid dienone is 4. The molecule has 2 nitrogen and oxygen atoms in total. The zero-order chi connectivity index (χ0) is 11.7. The molecule has 3 rings (SSSR count). The second kappa shape index (κ2) is 4.28. The smallest absolute Gasteiger partial charge is 0.330 e. The topological polar surface area (TPSA) is 37.3 Å². The third-order valence-electron chi connectivity index (χ3n) is 3.82. The van der Waals surface area contributed by atoms with Crippen molar-refractivity contribution in [3.63, 3.8) is 0 Å². The fourth-order valence-corrected chi connectivity index (χ4v) is 2.97. The molecule has 4 atom stereocenters. The summed E-state index contributed by atoms with van der Waals surface area (Å²) in [7, 11) is 0. The molecular weight excluding hydrogens is 200 g/mol. The first-order valence-electron chi connectivity index (χ1n) is 5.83. The van der Waals surface area contributed by atoms with Crippen LogP contribution in [-0.4, -0.2) is 11.1 Å². The average Bonchev–Trinajstić information content (AvgIpc) is 2.92. The van der Waals surface area contributed by atoms with E-state index in [0.717, 1.165) is 23.7 Å². The Morgan fingerprint density at radius 2 is 1.94 bits per heavy atom. The molecule has 1 fully saturated rings. The number of aliphatic carboxylic acids is 1. The SMILES string of the molecule is C1=CC2C3C=CC(C3)C2C1.C=C(C)C(=O)O. The average molecular weight is 218 g/mol. The highest BCUT2D eigenvalue weighted by Crippen LogP contribution is 2.52. The van der Waals surface area contributed by atoms with Crippen molar-refractivity contribution in [2.75, 3.05) is 0 Å². The molecule has 0 aromatic heterocycles. The molecule has 1 N–H and O–H groups in total. The minimum absolute atomic E-state index is 0.176. The Labute approximate surface area is 96.4 Å². The van der Waals surface area contributed by atoms with Crippen LogP contribution in [0, 0.1) is 23.7 Å². The van der Waals surface area contributed by atoms with Gasteiger partial charge >= 0.3 is 5.97 Å². The normalized spacial score (nSPS) is 36.8. The minimum atomic E-state index is -0.935. The lowest BCUT2D eigenvalue weighted by atomic mass is 9.86. The maximum atomic E-state index is 9.60. The van der Waals surface area contributed by atoms with Crippen molar-refractivity contribution in [1.82, 2.24) is 0 Å². The first kappa shape index (κ1) is 11.2. The molecule has 2 bridgehead atoms. The lowest BCUT2D eigenvalue weighted by Crippen LogP contribution is -2.12. The van der Waals surface area contributed by atoms with Crippen molar-refractivity contribution in [2.45, 2.75) is 19.8 Å². The molecule has 0 saturated heterocycles. The first-order valence-corrected chi connectivity index (χ1v) is 5.83. The van der Waals surface area contributed by atoms with E-state index in [1.165, 1.54) is 19.8 Å². The van der Waals surface area contributed by atoms with Crippen molar-refractivity contribution in [3.8, 4) is 0 Å². The predicted molar refractivity (Wildman–Crippen MR) is 63.9 cm³/mol. The summed E-state index contributed by atoms with van der Waals surface area (Å²) in [6, 6.07) is 0. The summed E-state index contributed by atoms with van der Waals surface area (Å²) >= 11 is 0. The van der Waals surface area contributed by atoms with Crippen LogP contribution in [0.3, 0.4) is 0 Å². The van der Waals surface area contributed by atoms with Crippen molar-refractivity contribution in [2.24, 2.45) is 23.7 Å². The minimum Gasteiger partial charge on any atom is -0.478 e. The summed E-state index contributed by atoms with van der Waals surface area (Å²) in [5.41, 5.74) is 0.176. The molecule has 16 heavy (non-hydrogen) atoms. The molecule has 3 aliphatic rings. The molecule has 0 amide bonds. The molecule has 0 spiro atoms. The van der Waals surface area contributed by atoms with E-state index >= 15 is 0 Å². The van der Waals surface area contributed by atoms with Gasteiger partial charge in [0.2, 0.25) is 0 Å². The monoisotopic (exact) mass is 218 g/mol. The highest BCUT2D eigenvalue weighted by Gasteiger charge is 2.44. The highest BCUT2D eigenvalue weighted by atomic mass is 16.4. The molecule has 0 aliphatic heterocycles. The summed E-state index contributed by atoms with van der Waals surface area (Å²) < 4.78 is 0. The number of carboxylic acids is 1. The van der Waals surface area contributed by atoms with Crippen LogP contribution < -0.4 is 0 Å². The Balaban J connectivity index is 0.000000142. The van der Waals surface area contributed by atoms with Crippen LogP contribution in [0.4, 0.5) is 0 Å². The fraction of sp³-hybridized carbons (Fsp3) is 0.500. The maximum absolute atomic E-state index is 9.60. The zero-order valence-electron chi connectivity index (χ0n) is 9.60.